The maximum absolute atomic E-state index is 13.7. The molecule has 3 heteroatoms. The fraction of sp³-hybridized carbons (Fsp3) is 0.176. The van der Waals surface area contributed by atoms with Gasteiger partial charge in [-0.15, -0.1) is 0 Å². The van der Waals surface area contributed by atoms with E-state index < -0.39 is 11.6 Å². The second-order valence-corrected chi connectivity index (χ2v) is 4.24. The monoisotopic (exact) mass is 272 g/mol. The van der Waals surface area contributed by atoms with E-state index in [-0.39, 0.29) is 11.3 Å². The van der Waals surface area contributed by atoms with E-state index in [1.807, 2.05) is 24.3 Å². The molecule has 0 bridgehead atoms. The standard InChI is InChI=1S/C17H14F2O/c1-3-12-4-6-13(7-5-12)8-9-14-10-11-15(20-2)17(19)16(14)18/h4-7,10-11H,3H2,1-2H3. The van der Waals surface area contributed by atoms with Gasteiger partial charge in [-0.05, 0) is 36.2 Å². The molecule has 1 nitrogen and oxygen atoms in total. The molecule has 0 amide bonds. The van der Waals surface area contributed by atoms with Crippen molar-refractivity contribution in [2.45, 2.75) is 13.3 Å². The average Bonchev–Trinajstić information content (AvgIpc) is 2.49. The van der Waals surface area contributed by atoms with Crippen LogP contribution in [0, 0.1) is 23.5 Å². The highest BCUT2D eigenvalue weighted by Gasteiger charge is 2.12. The average molecular weight is 272 g/mol. The van der Waals surface area contributed by atoms with Crippen molar-refractivity contribution >= 4 is 0 Å². The molecule has 2 rings (SSSR count). The molecule has 0 aliphatic rings. The van der Waals surface area contributed by atoms with Crippen molar-refractivity contribution in [3.63, 3.8) is 0 Å². The van der Waals surface area contributed by atoms with Crippen LogP contribution >= 0.6 is 0 Å². The maximum atomic E-state index is 13.7. The van der Waals surface area contributed by atoms with Crippen LogP contribution in [0.2, 0.25) is 0 Å². The van der Waals surface area contributed by atoms with Crippen molar-refractivity contribution in [3.8, 4) is 17.6 Å². The van der Waals surface area contributed by atoms with Gasteiger partial charge in [0.1, 0.15) is 0 Å². The molecule has 0 atom stereocenters. The van der Waals surface area contributed by atoms with E-state index in [1.165, 1.54) is 24.8 Å². The van der Waals surface area contributed by atoms with Gasteiger partial charge >= 0.3 is 0 Å². The molecule has 0 unspecified atom stereocenters. The Hall–Kier alpha value is -2.34. The SMILES string of the molecule is CCc1ccc(C#Cc2ccc(OC)c(F)c2F)cc1. The van der Waals surface area contributed by atoms with Gasteiger partial charge in [-0.3, -0.25) is 0 Å². The van der Waals surface area contributed by atoms with Crippen molar-refractivity contribution in [1.82, 2.24) is 0 Å². The molecule has 0 fully saturated rings. The largest absolute Gasteiger partial charge is 0.494 e. The van der Waals surface area contributed by atoms with Crippen LogP contribution in [-0.4, -0.2) is 7.11 Å². The summed E-state index contributed by atoms with van der Waals surface area (Å²) in [6.45, 7) is 2.07. The van der Waals surface area contributed by atoms with Gasteiger partial charge in [0.2, 0.25) is 5.82 Å². The third-order valence-corrected chi connectivity index (χ3v) is 2.97. The zero-order valence-electron chi connectivity index (χ0n) is 11.3. The van der Waals surface area contributed by atoms with E-state index in [2.05, 4.69) is 18.8 Å². The summed E-state index contributed by atoms with van der Waals surface area (Å²) < 4.78 is 31.9. The minimum Gasteiger partial charge on any atom is -0.494 e. The summed E-state index contributed by atoms with van der Waals surface area (Å²) in [4.78, 5) is 0. The number of hydrogen-bond acceptors (Lipinski definition) is 1. The summed E-state index contributed by atoms with van der Waals surface area (Å²) in [6.07, 6.45) is 0.950. The lowest BCUT2D eigenvalue weighted by atomic mass is 10.1. The molecule has 0 aliphatic carbocycles. The third-order valence-electron chi connectivity index (χ3n) is 2.97. The molecule has 2 aromatic carbocycles. The first kappa shape index (κ1) is 14.1. The highest BCUT2D eigenvalue weighted by Crippen LogP contribution is 2.21. The van der Waals surface area contributed by atoms with Gasteiger partial charge in [0.15, 0.2) is 11.6 Å². The van der Waals surface area contributed by atoms with Crippen LogP contribution in [0.3, 0.4) is 0 Å². The molecule has 102 valence electrons. The highest BCUT2D eigenvalue weighted by atomic mass is 19.2. The van der Waals surface area contributed by atoms with Crippen LogP contribution in [0.1, 0.15) is 23.6 Å². The summed E-state index contributed by atoms with van der Waals surface area (Å²) in [6, 6.07) is 10.4. The maximum Gasteiger partial charge on any atom is 0.201 e. The molecular formula is C17H14F2O. The molecule has 0 radical (unpaired) electrons. The Morgan fingerprint density at radius 1 is 0.950 bits per heavy atom. The predicted molar refractivity (Wildman–Crippen MR) is 74.7 cm³/mol. The zero-order valence-corrected chi connectivity index (χ0v) is 11.3. The highest BCUT2D eigenvalue weighted by molar-refractivity contribution is 5.46. The van der Waals surface area contributed by atoms with Crippen molar-refractivity contribution in [3.05, 3.63) is 64.7 Å². The molecule has 20 heavy (non-hydrogen) atoms. The van der Waals surface area contributed by atoms with Crippen LogP contribution in [0.15, 0.2) is 36.4 Å². The van der Waals surface area contributed by atoms with Crippen LogP contribution in [0.4, 0.5) is 8.78 Å². The van der Waals surface area contributed by atoms with Gasteiger partial charge in [-0.1, -0.05) is 30.9 Å². The van der Waals surface area contributed by atoms with Gasteiger partial charge in [-0.25, -0.2) is 4.39 Å². The van der Waals surface area contributed by atoms with E-state index in [1.54, 1.807) is 0 Å². The van der Waals surface area contributed by atoms with Crippen LogP contribution in [0.5, 0.6) is 5.75 Å². The van der Waals surface area contributed by atoms with Crippen molar-refractivity contribution in [1.29, 1.82) is 0 Å². The minimum atomic E-state index is -1.01. The minimum absolute atomic E-state index is 0.0165. The van der Waals surface area contributed by atoms with Crippen molar-refractivity contribution in [2.24, 2.45) is 0 Å². The third kappa shape index (κ3) is 2.97. The van der Waals surface area contributed by atoms with E-state index >= 15 is 0 Å². The van der Waals surface area contributed by atoms with Crippen LogP contribution in [-0.2, 0) is 6.42 Å². The summed E-state index contributed by atoms with van der Waals surface area (Å²) >= 11 is 0. The second kappa shape index (κ2) is 6.21. The first-order chi connectivity index (χ1) is 9.65. The Bertz CT molecular complexity index is 664. The van der Waals surface area contributed by atoms with Gasteiger partial charge in [-0.2, -0.15) is 4.39 Å². The van der Waals surface area contributed by atoms with Crippen LogP contribution in [0.25, 0.3) is 0 Å². The lowest BCUT2D eigenvalue weighted by molar-refractivity contribution is 0.371. The predicted octanol–water partition coefficient (Wildman–Crippen LogP) is 3.94. The molecule has 0 aromatic heterocycles. The molecule has 0 saturated heterocycles. The summed E-state index contributed by atoms with van der Waals surface area (Å²) in [7, 11) is 1.29. The Labute approximate surface area is 117 Å². The summed E-state index contributed by atoms with van der Waals surface area (Å²) in [5, 5.41) is 0. The normalized spacial score (nSPS) is 9.80. The fourth-order valence-electron chi connectivity index (χ4n) is 1.75. The number of hydrogen-bond donors (Lipinski definition) is 0. The lowest BCUT2D eigenvalue weighted by Gasteiger charge is -2.03. The second-order valence-electron chi connectivity index (χ2n) is 4.24. The first-order valence-electron chi connectivity index (χ1n) is 6.28. The number of ether oxygens (including phenoxy) is 1. The molecule has 0 saturated carbocycles. The molecule has 0 heterocycles. The van der Waals surface area contributed by atoms with Crippen molar-refractivity contribution < 1.29 is 13.5 Å². The van der Waals surface area contributed by atoms with Gasteiger partial charge < -0.3 is 4.74 Å². The molecule has 0 aliphatic heterocycles. The van der Waals surface area contributed by atoms with E-state index in [9.17, 15) is 8.78 Å². The molecular weight excluding hydrogens is 258 g/mol. The molecule has 0 spiro atoms. The number of rotatable bonds is 2. The number of benzene rings is 2. The van der Waals surface area contributed by atoms with Gasteiger partial charge in [0.05, 0.1) is 12.7 Å². The fourth-order valence-corrected chi connectivity index (χ4v) is 1.75. The Kier molecular flexibility index (Phi) is 4.37. The summed E-state index contributed by atoms with van der Waals surface area (Å²) in [5.41, 5.74) is 1.98. The first-order valence-corrected chi connectivity index (χ1v) is 6.28. The topological polar surface area (TPSA) is 9.23 Å². The Morgan fingerprint density at radius 2 is 1.65 bits per heavy atom. The lowest BCUT2D eigenvalue weighted by Crippen LogP contribution is -1.95. The molecule has 2 aromatic rings. The zero-order chi connectivity index (χ0) is 14.5. The van der Waals surface area contributed by atoms with E-state index in [4.69, 9.17) is 4.74 Å². The number of aryl methyl sites for hydroxylation is 1. The van der Waals surface area contributed by atoms with Gasteiger partial charge in [0.25, 0.3) is 0 Å². The Balaban J connectivity index is 2.30. The molecule has 0 N–H and O–H groups in total. The van der Waals surface area contributed by atoms with E-state index in [0.717, 1.165) is 12.0 Å². The Morgan fingerprint density at radius 3 is 2.25 bits per heavy atom. The number of halogens is 2. The van der Waals surface area contributed by atoms with Gasteiger partial charge in [0, 0.05) is 5.56 Å². The van der Waals surface area contributed by atoms with E-state index in [0.29, 0.717) is 0 Å². The number of methoxy groups -OCH3 is 1. The van der Waals surface area contributed by atoms with Crippen LogP contribution < -0.4 is 4.74 Å². The quantitative estimate of drug-likeness (QED) is 0.752. The smallest absolute Gasteiger partial charge is 0.201 e. The van der Waals surface area contributed by atoms with Crippen molar-refractivity contribution in [2.75, 3.05) is 7.11 Å². The summed E-state index contributed by atoms with van der Waals surface area (Å²) in [5.74, 6) is 3.34.